The smallest absolute Gasteiger partial charge is 0.457 e. The van der Waals surface area contributed by atoms with Gasteiger partial charge in [-0.3, -0.25) is 0 Å². The van der Waals surface area contributed by atoms with Crippen molar-refractivity contribution in [2.24, 2.45) is 0 Å². The molecule has 9 aromatic rings. The number of rotatable bonds is 1. The molecule has 5 aromatic carbocycles. The molecule has 24 bridgehead atoms. The van der Waals surface area contributed by atoms with Crippen LogP contribution in [0.5, 0.6) is 46.0 Å². The predicted molar refractivity (Wildman–Crippen MR) is 264 cm³/mol. The molecule has 354 valence electrons. The van der Waals surface area contributed by atoms with Gasteiger partial charge in [-0.2, -0.15) is 0 Å². The maximum absolute atomic E-state index is 16.0. The number of aromatic amines is 4. The number of ether oxygens (including phenoxy) is 6. The Morgan fingerprint density at radius 2 is 0.577 bits per heavy atom. The normalized spacial score (nSPS) is 25.1. The van der Waals surface area contributed by atoms with Gasteiger partial charge in [0.25, 0.3) is 0 Å². The van der Waals surface area contributed by atoms with Crippen molar-refractivity contribution in [2.75, 3.05) is 20.4 Å². The molecule has 0 aliphatic carbocycles. The molecule has 14 heteroatoms. The first kappa shape index (κ1) is 41.8. The quantitative estimate of drug-likeness (QED) is 0.118. The Hall–Kier alpha value is -8.15. The van der Waals surface area contributed by atoms with Gasteiger partial charge in [-0.25, -0.2) is 4.57 Å². The number of H-pyrrole nitrogens is 4. The summed E-state index contributed by atoms with van der Waals surface area (Å²) in [5, 5.41) is 0.349. The van der Waals surface area contributed by atoms with Gasteiger partial charge in [0.2, 0.25) is 20.4 Å². The predicted octanol–water partition coefficient (Wildman–Crippen LogP) is 11.2. The van der Waals surface area contributed by atoms with Gasteiger partial charge in [0, 0.05) is 69.8 Å². The van der Waals surface area contributed by atoms with Gasteiger partial charge in [0.05, 0.1) is 27.0 Å². The van der Waals surface area contributed by atoms with Crippen molar-refractivity contribution < 1.29 is 42.0 Å². The van der Waals surface area contributed by atoms with Gasteiger partial charge >= 0.3 is 7.60 Å². The lowest BCUT2D eigenvalue weighted by atomic mass is 9.75. The lowest BCUT2D eigenvalue weighted by Crippen LogP contribution is -2.32. The average molecular weight is 963 g/mol. The van der Waals surface area contributed by atoms with Crippen LogP contribution in [0.3, 0.4) is 0 Å². The van der Waals surface area contributed by atoms with Crippen molar-refractivity contribution in [3.63, 3.8) is 0 Å². The topological polar surface area (TPSA) is 154 Å². The molecular weight excluding hydrogens is 916 g/mol. The van der Waals surface area contributed by atoms with E-state index in [1.165, 1.54) is 0 Å². The monoisotopic (exact) mass is 962 g/mol. The second-order valence-electron chi connectivity index (χ2n) is 19.7. The van der Waals surface area contributed by atoms with E-state index in [0.29, 0.717) is 39.8 Å². The fourth-order valence-corrected chi connectivity index (χ4v) is 12.8. The van der Waals surface area contributed by atoms with E-state index in [9.17, 15) is 0 Å². The van der Waals surface area contributed by atoms with Crippen LogP contribution in [0.15, 0.2) is 152 Å². The second kappa shape index (κ2) is 14.7. The molecular formula is C57H47N4O9P. The highest BCUT2D eigenvalue weighted by molar-refractivity contribution is 7.63. The molecule has 0 saturated carbocycles. The van der Waals surface area contributed by atoms with Crippen LogP contribution >= 0.6 is 7.60 Å². The zero-order valence-electron chi connectivity index (χ0n) is 39.2. The summed E-state index contributed by atoms with van der Waals surface area (Å²) in [6, 6.07) is 49.2. The van der Waals surface area contributed by atoms with Crippen LogP contribution in [-0.2, 0) is 26.2 Å². The van der Waals surface area contributed by atoms with E-state index in [2.05, 4.69) is 96.2 Å². The molecule has 4 aromatic heterocycles. The fraction of sp³-hybridized carbons (Fsp3) is 0.193. The first-order valence-corrected chi connectivity index (χ1v) is 25.2. The molecule has 0 spiro atoms. The molecule has 0 amide bonds. The fourth-order valence-electron chi connectivity index (χ4n) is 11.3. The Morgan fingerprint density at radius 3 is 0.845 bits per heavy atom. The minimum atomic E-state index is -4.30. The molecule has 4 N–H and O–H groups in total. The van der Waals surface area contributed by atoms with Gasteiger partial charge in [-0.1, -0.05) is 18.2 Å². The molecule has 13 nitrogen and oxygen atoms in total. The first-order valence-electron chi connectivity index (χ1n) is 23.6. The largest absolute Gasteiger partial charge is 0.462 e. The van der Waals surface area contributed by atoms with Gasteiger partial charge in [-0.15, -0.1) is 0 Å². The number of nitrogens with one attached hydrogen (secondary N) is 4. The van der Waals surface area contributed by atoms with E-state index < -0.39 is 29.3 Å². The summed E-state index contributed by atoms with van der Waals surface area (Å²) in [5.41, 5.74) is 6.68. The van der Waals surface area contributed by atoms with E-state index in [1.54, 1.807) is 24.3 Å². The molecule has 5 aliphatic heterocycles. The van der Waals surface area contributed by atoms with Crippen LogP contribution in [0.25, 0.3) is 0 Å². The van der Waals surface area contributed by atoms with E-state index in [1.807, 2.05) is 78.9 Å². The third-order valence-corrected chi connectivity index (χ3v) is 17.6. The van der Waals surface area contributed by atoms with E-state index >= 15 is 4.57 Å². The molecule has 14 rings (SSSR count). The van der Waals surface area contributed by atoms with E-state index in [-0.39, 0.29) is 31.9 Å². The Morgan fingerprint density at radius 1 is 0.338 bits per heavy atom. The van der Waals surface area contributed by atoms with Crippen molar-refractivity contribution in [2.45, 2.75) is 49.4 Å². The van der Waals surface area contributed by atoms with Crippen LogP contribution < -0.4 is 42.8 Å². The van der Waals surface area contributed by atoms with Gasteiger partial charge < -0.3 is 57.4 Å². The van der Waals surface area contributed by atoms with Crippen molar-refractivity contribution in [1.82, 2.24) is 19.9 Å². The average Bonchev–Trinajstić information content (AvgIpc) is 4.23. The number of hydrogen-bond donors (Lipinski definition) is 4. The highest BCUT2D eigenvalue weighted by Gasteiger charge is 2.46. The van der Waals surface area contributed by atoms with Gasteiger partial charge in [-0.05, 0) is 159 Å². The molecule has 0 fully saturated rings. The minimum Gasteiger partial charge on any atom is -0.457 e. The third kappa shape index (κ3) is 6.15. The summed E-state index contributed by atoms with van der Waals surface area (Å²) < 4.78 is 68.8. The molecule has 9 heterocycles. The number of hydrogen-bond acceptors (Lipinski definition) is 9. The Bertz CT molecular complexity index is 3440. The molecule has 71 heavy (non-hydrogen) atoms. The van der Waals surface area contributed by atoms with Gasteiger partial charge in [0.15, 0.2) is 0 Å². The summed E-state index contributed by atoms with van der Waals surface area (Å²) in [7, 11) is -4.30. The zero-order chi connectivity index (χ0) is 47.9. The molecule has 0 saturated heterocycles. The lowest BCUT2D eigenvalue weighted by Gasteiger charge is -2.35. The molecule has 5 aliphatic rings. The standard InChI is InChI=1S/C57H47N4O9P/c1-54-33-18-37-26-39(20-33)65-31-67-41-22-35-24-43(28-41)69-71(62,45-8-6-5-7-9-45)70-44-25-36-23-42(29-44)68-32-66-40-21-34(19-38(27-40)64-30-63-37)55(2,47-11-10-46(54)58-47)49-13-15-51(60-49)57(36,4)53-17-16-52(61-53)56(35,3)50-14-12-48(54)59-50/h5-29,58-61H,30-32H2,1-4H3. The maximum Gasteiger partial charge on any atom is 0.462 e. The molecule has 4 atom stereocenters. The van der Waals surface area contributed by atoms with Crippen LogP contribution in [0.4, 0.5) is 0 Å². The summed E-state index contributed by atoms with van der Waals surface area (Å²) in [5.74, 6) is 3.36. The zero-order valence-corrected chi connectivity index (χ0v) is 40.1. The van der Waals surface area contributed by atoms with Crippen molar-refractivity contribution in [3.05, 3.63) is 219 Å². The summed E-state index contributed by atoms with van der Waals surface area (Å²) in [6.07, 6.45) is 0. The van der Waals surface area contributed by atoms with Crippen LogP contribution in [0, 0.1) is 0 Å². The SMILES string of the molecule is CC12c3cc4cc(c3)OCOc3cc5cc(c3)C(C)(c3ccc1[nH]3)c1ccc([nH]1)C1(C)c3cc(cc(c3)OP(=O)(c3ccccc3)O5)OCOc3cc(cc(c3)C(C)(c3ccc2[nH]3)c2ccc1[nH]2)OCO4. The Balaban J connectivity index is 1.17. The second-order valence-corrected chi connectivity index (χ2v) is 21.5. The Kier molecular flexibility index (Phi) is 8.65. The number of benzene rings is 5. The van der Waals surface area contributed by atoms with Crippen LogP contribution in [0.1, 0.15) is 95.5 Å². The number of aromatic nitrogens is 4. The summed E-state index contributed by atoms with van der Waals surface area (Å²) >= 11 is 0. The molecule has 0 radical (unpaired) electrons. The summed E-state index contributed by atoms with van der Waals surface area (Å²) in [4.78, 5) is 16.0. The van der Waals surface area contributed by atoms with Crippen molar-refractivity contribution in [3.8, 4) is 46.0 Å². The van der Waals surface area contributed by atoms with Crippen LogP contribution in [-0.4, -0.2) is 40.3 Å². The molecule has 4 unspecified atom stereocenters. The summed E-state index contributed by atoms with van der Waals surface area (Å²) in [6.45, 7) is 8.24. The first-order chi connectivity index (χ1) is 34.4. The Labute approximate surface area is 408 Å². The van der Waals surface area contributed by atoms with Crippen LogP contribution in [0.2, 0.25) is 0 Å². The minimum absolute atomic E-state index is 0.124. The van der Waals surface area contributed by atoms with E-state index in [4.69, 9.17) is 37.5 Å². The highest BCUT2D eigenvalue weighted by atomic mass is 31.2. The van der Waals surface area contributed by atoms with Crippen molar-refractivity contribution >= 4 is 12.9 Å². The van der Waals surface area contributed by atoms with Gasteiger partial charge in [0.1, 0.15) is 46.0 Å². The van der Waals surface area contributed by atoms with E-state index in [0.717, 1.165) is 67.8 Å². The lowest BCUT2D eigenvalue weighted by molar-refractivity contribution is 0.109. The maximum atomic E-state index is 16.0. The highest BCUT2D eigenvalue weighted by Crippen LogP contribution is 2.54. The third-order valence-electron chi connectivity index (χ3n) is 15.8. The van der Waals surface area contributed by atoms with Crippen molar-refractivity contribution in [1.29, 1.82) is 0 Å². The number of fused-ring (bicyclic) bond motifs is 14.